The van der Waals surface area contributed by atoms with E-state index in [0.29, 0.717) is 6.42 Å². The van der Waals surface area contributed by atoms with Gasteiger partial charge in [0.1, 0.15) is 5.25 Å². The van der Waals surface area contributed by atoms with Crippen molar-refractivity contribution < 1.29 is 9.90 Å². The molecule has 0 aromatic rings. The van der Waals surface area contributed by atoms with Crippen molar-refractivity contribution >= 4 is 17.7 Å². The molecule has 0 aromatic heterocycles. The minimum absolute atomic E-state index is 0.213. The van der Waals surface area contributed by atoms with E-state index in [4.69, 9.17) is 5.11 Å². The van der Waals surface area contributed by atoms with Gasteiger partial charge in [-0.25, -0.2) is 0 Å². The third-order valence-corrected chi connectivity index (χ3v) is 2.04. The molecule has 0 amide bonds. The minimum Gasteiger partial charge on any atom is -0.480 e. The zero-order valence-electron chi connectivity index (χ0n) is 4.20. The van der Waals surface area contributed by atoms with E-state index in [-0.39, 0.29) is 5.25 Å². The summed E-state index contributed by atoms with van der Waals surface area (Å²) < 4.78 is 0. The number of rotatable bonds is 1. The van der Waals surface area contributed by atoms with Gasteiger partial charge in [0.2, 0.25) is 0 Å². The van der Waals surface area contributed by atoms with Crippen LogP contribution in [0.3, 0.4) is 0 Å². The molecule has 0 radical (unpaired) electrons. The fraction of sp³-hybridized carbons (Fsp3) is 0.400. The number of carboxylic acids is 1. The van der Waals surface area contributed by atoms with E-state index >= 15 is 0 Å². The summed E-state index contributed by atoms with van der Waals surface area (Å²) in [7, 11) is 0. The lowest BCUT2D eigenvalue weighted by molar-refractivity contribution is -0.136. The highest BCUT2D eigenvalue weighted by Crippen LogP contribution is 2.23. The van der Waals surface area contributed by atoms with Crippen LogP contribution in [0.4, 0.5) is 0 Å². The van der Waals surface area contributed by atoms with Gasteiger partial charge in [-0.15, -0.1) is 11.8 Å². The molecule has 1 rings (SSSR count). The van der Waals surface area contributed by atoms with Gasteiger partial charge < -0.3 is 5.11 Å². The van der Waals surface area contributed by atoms with E-state index in [2.05, 4.69) is 0 Å². The van der Waals surface area contributed by atoms with Crippen LogP contribution in [-0.2, 0) is 4.79 Å². The largest absolute Gasteiger partial charge is 0.480 e. The Kier molecular flexibility index (Phi) is 1.58. The Balaban J connectivity index is 2.41. The van der Waals surface area contributed by atoms with E-state index in [9.17, 15) is 4.79 Å². The molecule has 3 heteroatoms. The molecule has 2 nitrogen and oxygen atoms in total. The molecule has 8 heavy (non-hydrogen) atoms. The number of carboxylic acid groups (broad SMARTS) is 1. The molecule has 0 fully saturated rings. The maximum absolute atomic E-state index is 10.1. The average Bonchev–Trinajstić information content (AvgIpc) is 2.12. The highest BCUT2D eigenvalue weighted by atomic mass is 32.2. The number of thioether (sulfide) groups is 1. The lowest BCUT2D eigenvalue weighted by atomic mass is 10.3. The summed E-state index contributed by atoms with van der Waals surface area (Å²) in [4.78, 5) is 10.1. The average molecular weight is 130 g/mol. The lowest BCUT2D eigenvalue weighted by Gasteiger charge is -1.97. The van der Waals surface area contributed by atoms with Gasteiger partial charge in [-0.1, -0.05) is 6.08 Å². The Morgan fingerprint density at radius 1 is 1.88 bits per heavy atom. The molecule has 0 spiro atoms. The van der Waals surface area contributed by atoms with Gasteiger partial charge >= 0.3 is 5.97 Å². The van der Waals surface area contributed by atoms with Crippen molar-refractivity contribution in [2.45, 2.75) is 11.7 Å². The van der Waals surface area contributed by atoms with Gasteiger partial charge in [-0.3, -0.25) is 4.79 Å². The summed E-state index contributed by atoms with van der Waals surface area (Å²) >= 11 is 1.37. The van der Waals surface area contributed by atoms with Crippen molar-refractivity contribution in [3.8, 4) is 0 Å². The third-order valence-electron chi connectivity index (χ3n) is 0.965. The Morgan fingerprint density at radius 2 is 2.62 bits per heavy atom. The molecular formula is C5H6O2S. The normalized spacial score (nSPS) is 26.2. The van der Waals surface area contributed by atoms with Crippen LogP contribution in [0.25, 0.3) is 0 Å². The predicted octanol–water partition coefficient (Wildman–Crippen LogP) is 1.09. The molecule has 0 bridgehead atoms. The van der Waals surface area contributed by atoms with Crippen molar-refractivity contribution in [1.82, 2.24) is 0 Å². The summed E-state index contributed by atoms with van der Waals surface area (Å²) in [6.07, 6.45) is 2.56. The Morgan fingerprint density at radius 3 is 2.88 bits per heavy atom. The fourth-order valence-electron chi connectivity index (χ4n) is 0.544. The second kappa shape index (κ2) is 2.22. The van der Waals surface area contributed by atoms with Crippen LogP contribution in [0.5, 0.6) is 0 Å². The van der Waals surface area contributed by atoms with Crippen LogP contribution < -0.4 is 0 Å². The van der Waals surface area contributed by atoms with Gasteiger partial charge in [0.15, 0.2) is 0 Å². The smallest absolute Gasteiger partial charge is 0.317 e. The van der Waals surface area contributed by atoms with Crippen LogP contribution >= 0.6 is 11.8 Å². The van der Waals surface area contributed by atoms with Gasteiger partial charge in [-0.05, 0) is 11.8 Å². The zero-order chi connectivity index (χ0) is 5.98. The van der Waals surface area contributed by atoms with Gasteiger partial charge in [0, 0.05) is 0 Å². The first-order valence-corrected chi connectivity index (χ1v) is 3.28. The van der Waals surface area contributed by atoms with E-state index in [1.807, 2.05) is 11.5 Å². The molecule has 0 aromatic carbocycles. The SMILES string of the molecule is O=C(O)C1CC=CS1. The number of carbonyl (C=O) groups is 1. The van der Waals surface area contributed by atoms with E-state index in [1.54, 1.807) is 0 Å². The molecular weight excluding hydrogens is 124 g/mol. The first-order valence-electron chi connectivity index (χ1n) is 2.34. The van der Waals surface area contributed by atoms with Crippen molar-refractivity contribution in [3.63, 3.8) is 0 Å². The maximum Gasteiger partial charge on any atom is 0.317 e. The molecule has 0 aliphatic carbocycles. The molecule has 1 atom stereocenters. The van der Waals surface area contributed by atoms with Crippen LogP contribution in [0.2, 0.25) is 0 Å². The molecule has 1 N–H and O–H groups in total. The van der Waals surface area contributed by atoms with Crippen molar-refractivity contribution in [1.29, 1.82) is 0 Å². The van der Waals surface area contributed by atoms with Crippen molar-refractivity contribution in [2.24, 2.45) is 0 Å². The minimum atomic E-state index is -0.708. The van der Waals surface area contributed by atoms with Crippen LogP contribution in [-0.4, -0.2) is 16.3 Å². The Hall–Kier alpha value is -0.440. The second-order valence-electron chi connectivity index (χ2n) is 1.57. The standard InChI is InChI=1S/C5H6O2S/c6-5(7)4-2-1-3-8-4/h1,3-4H,2H2,(H,6,7). The molecule has 1 aliphatic rings. The Bertz CT molecular complexity index is 122. The number of allylic oxidation sites excluding steroid dienone is 1. The molecule has 0 saturated carbocycles. The van der Waals surface area contributed by atoms with Gasteiger partial charge in [0.25, 0.3) is 0 Å². The van der Waals surface area contributed by atoms with Gasteiger partial charge in [-0.2, -0.15) is 0 Å². The maximum atomic E-state index is 10.1. The quantitative estimate of drug-likeness (QED) is 0.577. The van der Waals surface area contributed by atoms with Crippen LogP contribution in [0.15, 0.2) is 11.5 Å². The second-order valence-corrected chi connectivity index (χ2v) is 2.68. The lowest BCUT2D eigenvalue weighted by Crippen LogP contribution is -2.11. The van der Waals surface area contributed by atoms with Crippen LogP contribution in [0, 0.1) is 0 Å². The summed E-state index contributed by atoms with van der Waals surface area (Å²) in [6, 6.07) is 0. The van der Waals surface area contributed by atoms with Gasteiger partial charge in [0.05, 0.1) is 0 Å². The number of hydrogen-bond acceptors (Lipinski definition) is 2. The molecule has 1 unspecified atom stereocenters. The number of hydrogen-bond donors (Lipinski definition) is 1. The summed E-state index contributed by atoms with van der Waals surface area (Å²) in [5.74, 6) is -0.708. The fourth-order valence-corrected chi connectivity index (χ4v) is 1.29. The summed E-state index contributed by atoms with van der Waals surface area (Å²) in [6.45, 7) is 0. The van der Waals surface area contributed by atoms with E-state index in [1.165, 1.54) is 11.8 Å². The first-order chi connectivity index (χ1) is 3.80. The summed E-state index contributed by atoms with van der Waals surface area (Å²) in [5, 5.41) is 9.97. The zero-order valence-corrected chi connectivity index (χ0v) is 5.02. The first kappa shape index (κ1) is 5.69. The molecule has 0 saturated heterocycles. The van der Waals surface area contributed by atoms with Crippen LogP contribution in [0.1, 0.15) is 6.42 Å². The molecule has 44 valence electrons. The molecule has 1 heterocycles. The highest BCUT2D eigenvalue weighted by Gasteiger charge is 2.17. The van der Waals surface area contributed by atoms with E-state index in [0.717, 1.165) is 0 Å². The number of aliphatic carboxylic acids is 1. The Labute approximate surface area is 51.6 Å². The molecule has 1 aliphatic heterocycles. The third kappa shape index (κ3) is 1.04. The topological polar surface area (TPSA) is 37.3 Å². The highest BCUT2D eigenvalue weighted by molar-refractivity contribution is 8.03. The predicted molar refractivity (Wildman–Crippen MR) is 32.8 cm³/mol. The van der Waals surface area contributed by atoms with Crippen molar-refractivity contribution in [3.05, 3.63) is 11.5 Å². The van der Waals surface area contributed by atoms with E-state index < -0.39 is 5.97 Å². The van der Waals surface area contributed by atoms with Crippen molar-refractivity contribution in [2.75, 3.05) is 0 Å². The monoisotopic (exact) mass is 130 g/mol. The summed E-state index contributed by atoms with van der Waals surface area (Å²) in [5.41, 5.74) is 0.